The number of ether oxygens (including phenoxy) is 2. The highest BCUT2D eigenvalue weighted by Crippen LogP contribution is 2.14. The van der Waals surface area contributed by atoms with Gasteiger partial charge in [-0.3, -0.25) is 0 Å². The Balaban J connectivity index is 1.87. The minimum absolute atomic E-state index is 0.240. The molecular formula is C23H24O4. The van der Waals surface area contributed by atoms with Crippen LogP contribution < -0.4 is 0 Å². The van der Waals surface area contributed by atoms with E-state index in [9.17, 15) is 9.59 Å². The molecule has 0 aliphatic rings. The second-order valence-corrected chi connectivity index (χ2v) is 6.52. The molecule has 2 rings (SSSR count). The molecule has 2 aromatic carbocycles. The van der Waals surface area contributed by atoms with Gasteiger partial charge >= 0.3 is 11.9 Å². The van der Waals surface area contributed by atoms with Crippen LogP contribution in [0.2, 0.25) is 0 Å². The van der Waals surface area contributed by atoms with E-state index in [-0.39, 0.29) is 25.2 Å². The summed E-state index contributed by atoms with van der Waals surface area (Å²) in [5.74, 6) is -0.763. The minimum atomic E-state index is -0.381. The standard InChI is InChI=1S/C23H24O4/c1-16(2)22(24)26-14-20-9-5-18(6-10-20)13-19-7-11-21(12-8-19)15-27-23(25)17(3)4/h5-12H,1,3,13-15H2,2,4H3. The zero-order chi connectivity index (χ0) is 19.8. The first kappa shape index (κ1) is 20.2. The van der Waals surface area contributed by atoms with Crippen LogP contribution in [0.4, 0.5) is 0 Å². The summed E-state index contributed by atoms with van der Waals surface area (Å²) >= 11 is 0. The summed E-state index contributed by atoms with van der Waals surface area (Å²) in [6.45, 7) is 10.9. The van der Waals surface area contributed by atoms with Gasteiger partial charge in [-0.1, -0.05) is 61.7 Å². The number of hydrogen-bond donors (Lipinski definition) is 0. The van der Waals surface area contributed by atoms with Gasteiger partial charge in [-0.05, 0) is 42.5 Å². The van der Waals surface area contributed by atoms with E-state index in [0.29, 0.717) is 11.1 Å². The molecular weight excluding hydrogens is 340 g/mol. The van der Waals surface area contributed by atoms with Crippen LogP contribution in [-0.4, -0.2) is 11.9 Å². The normalized spacial score (nSPS) is 10.1. The number of hydrogen-bond acceptors (Lipinski definition) is 4. The second kappa shape index (κ2) is 9.53. The van der Waals surface area contributed by atoms with E-state index in [2.05, 4.69) is 13.2 Å². The molecule has 4 heteroatoms. The molecule has 4 nitrogen and oxygen atoms in total. The first-order chi connectivity index (χ1) is 12.8. The van der Waals surface area contributed by atoms with Crippen molar-refractivity contribution in [1.82, 2.24) is 0 Å². The quantitative estimate of drug-likeness (QED) is 0.511. The van der Waals surface area contributed by atoms with E-state index in [1.807, 2.05) is 48.5 Å². The first-order valence-corrected chi connectivity index (χ1v) is 8.66. The lowest BCUT2D eigenvalue weighted by Crippen LogP contribution is -2.05. The average Bonchev–Trinajstić information content (AvgIpc) is 2.66. The fourth-order valence-corrected chi connectivity index (χ4v) is 2.29. The molecule has 0 atom stereocenters. The monoisotopic (exact) mass is 364 g/mol. The van der Waals surface area contributed by atoms with Crippen LogP contribution in [-0.2, 0) is 38.7 Å². The zero-order valence-electron chi connectivity index (χ0n) is 15.8. The van der Waals surface area contributed by atoms with E-state index in [0.717, 1.165) is 28.7 Å². The fourth-order valence-electron chi connectivity index (χ4n) is 2.29. The Morgan fingerprint density at radius 3 is 1.26 bits per heavy atom. The van der Waals surface area contributed by atoms with Crippen LogP contribution in [0.5, 0.6) is 0 Å². The van der Waals surface area contributed by atoms with E-state index in [1.165, 1.54) is 0 Å². The Bertz CT molecular complexity index is 758. The highest BCUT2D eigenvalue weighted by molar-refractivity contribution is 5.87. The van der Waals surface area contributed by atoms with Crippen molar-refractivity contribution in [2.75, 3.05) is 0 Å². The van der Waals surface area contributed by atoms with Crippen molar-refractivity contribution in [1.29, 1.82) is 0 Å². The van der Waals surface area contributed by atoms with Gasteiger partial charge in [0, 0.05) is 11.1 Å². The molecule has 0 radical (unpaired) electrons. The minimum Gasteiger partial charge on any atom is -0.457 e. The van der Waals surface area contributed by atoms with Crippen molar-refractivity contribution in [3.63, 3.8) is 0 Å². The molecule has 0 spiro atoms. The van der Waals surface area contributed by atoms with Crippen molar-refractivity contribution < 1.29 is 19.1 Å². The number of carbonyl (C=O) groups is 2. The third-order valence-corrected chi connectivity index (χ3v) is 3.89. The van der Waals surface area contributed by atoms with Gasteiger partial charge in [-0.25, -0.2) is 9.59 Å². The van der Waals surface area contributed by atoms with Gasteiger partial charge in [0.15, 0.2) is 0 Å². The van der Waals surface area contributed by atoms with Gasteiger partial charge in [-0.2, -0.15) is 0 Å². The maximum absolute atomic E-state index is 11.4. The summed E-state index contributed by atoms with van der Waals surface area (Å²) in [4.78, 5) is 22.8. The smallest absolute Gasteiger partial charge is 0.333 e. The van der Waals surface area contributed by atoms with Crippen molar-refractivity contribution in [3.05, 3.63) is 95.1 Å². The van der Waals surface area contributed by atoms with Crippen molar-refractivity contribution in [2.45, 2.75) is 33.5 Å². The lowest BCUT2D eigenvalue weighted by atomic mass is 10.0. The highest BCUT2D eigenvalue weighted by Gasteiger charge is 2.05. The van der Waals surface area contributed by atoms with Crippen molar-refractivity contribution >= 4 is 11.9 Å². The van der Waals surface area contributed by atoms with Gasteiger partial charge in [0.25, 0.3) is 0 Å². The summed E-state index contributed by atoms with van der Waals surface area (Å²) in [7, 11) is 0. The van der Waals surface area contributed by atoms with Crippen molar-refractivity contribution in [2.24, 2.45) is 0 Å². The number of rotatable bonds is 8. The summed E-state index contributed by atoms with van der Waals surface area (Å²) in [5, 5.41) is 0. The average molecular weight is 364 g/mol. The highest BCUT2D eigenvalue weighted by atomic mass is 16.5. The Kier molecular flexibility index (Phi) is 7.12. The predicted octanol–water partition coefficient (Wildman–Crippen LogP) is 4.52. The van der Waals surface area contributed by atoms with Crippen LogP contribution in [0, 0.1) is 0 Å². The maximum atomic E-state index is 11.4. The Morgan fingerprint density at radius 1 is 0.667 bits per heavy atom. The van der Waals surface area contributed by atoms with E-state index < -0.39 is 0 Å². The Morgan fingerprint density at radius 2 is 0.963 bits per heavy atom. The van der Waals surface area contributed by atoms with Crippen LogP contribution in [0.1, 0.15) is 36.1 Å². The third kappa shape index (κ3) is 6.59. The molecule has 27 heavy (non-hydrogen) atoms. The van der Waals surface area contributed by atoms with Crippen LogP contribution in [0.3, 0.4) is 0 Å². The molecule has 0 heterocycles. The van der Waals surface area contributed by atoms with E-state index in [1.54, 1.807) is 13.8 Å². The summed E-state index contributed by atoms with van der Waals surface area (Å²) < 4.78 is 10.3. The molecule has 0 N–H and O–H groups in total. The van der Waals surface area contributed by atoms with Gasteiger partial charge < -0.3 is 9.47 Å². The van der Waals surface area contributed by atoms with E-state index in [4.69, 9.17) is 9.47 Å². The van der Waals surface area contributed by atoms with Gasteiger partial charge in [0.05, 0.1) is 0 Å². The Hall–Kier alpha value is -3.14. The molecule has 0 aromatic heterocycles. The summed E-state index contributed by atoms with van der Waals surface area (Å²) in [6.07, 6.45) is 0.789. The fraction of sp³-hybridized carbons (Fsp3) is 0.217. The third-order valence-electron chi connectivity index (χ3n) is 3.89. The lowest BCUT2D eigenvalue weighted by molar-refractivity contribution is -0.141. The van der Waals surface area contributed by atoms with E-state index >= 15 is 0 Å². The molecule has 0 fully saturated rings. The number of benzene rings is 2. The Labute approximate surface area is 160 Å². The lowest BCUT2D eigenvalue weighted by Gasteiger charge is -2.08. The van der Waals surface area contributed by atoms with Crippen LogP contribution in [0.15, 0.2) is 72.8 Å². The summed E-state index contributed by atoms with van der Waals surface area (Å²) in [5.41, 5.74) is 4.97. The zero-order valence-corrected chi connectivity index (χ0v) is 15.8. The molecule has 0 unspecified atom stereocenters. The predicted molar refractivity (Wildman–Crippen MR) is 105 cm³/mol. The van der Waals surface area contributed by atoms with Gasteiger partial charge in [0.1, 0.15) is 13.2 Å². The molecule has 0 aliphatic heterocycles. The second-order valence-electron chi connectivity index (χ2n) is 6.52. The van der Waals surface area contributed by atoms with Crippen LogP contribution >= 0.6 is 0 Å². The molecule has 0 bridgehead atoms. The SMILES string of the molecule is C=C(C)C(=O)OCc1ccc(Cc2ccc(COC(=O)C(=C)C)cc2)cc1. The number of esters is 2. The van der Waals surface area contributed by atoms with Crippen molar-refractivity contribution in [3.8, 4) is 0 Å². The molecule has 0 saturated carbocycles. The topological polar surface area (TPSA) is 52.6 Å². The molecule has 2 aromatic rings. The summed E-state index contributed by atoms with van der Waals surface area (Å²) in [6, 6.07) is 15.9. The number of carbonyl (C=O) groups excluding carboxylic acids is 2. The van der Waals surface area contributed by atoms with Crippen LogP contribution in [0.25, 0.3) is 0 Å². The molecule has 0 amide bonds. The largest absolute Gasteiger partial charge is 0.457 e. The maximum Gasteiger partial charge on any atom is 0.333 e. The molecule has 0 aliphatic carbocycles. The van der Waals surface area contributed by atoms with Gasteiger partial charge in [-0.15, -0.1) is 0 Å². The van der Waals surface area contributed by atoms with Gasteiger partial charge in [0.2, 0.25) is 0 Å². The molecule has 140 valence electrons. The first-order valence-electron chi connectivity index (χ1n) is 8.66. The molecule has 0 saturated heterocycles.